The van der Waals surface area contributed by atoms with Gasteiger partial charge in [-0.05, 0) is 120 Å². The maximum absolute atomic E-state index is 13.8. The van der Waals surface area contributed by atoms with E-state index in [0.29, 0.717) is 53.4 Å². The minimum Gasteiger partial charge on any atom is -0.370 e. The number of carbonyl (C=O) groups is 2. The molecule has 1 aromatic carbocycles. The summed E-state index contributed by atoms with van der Waals surface area (Å²) in [5.41, 5.74) is 4.22. The molecule has 2 atom stereocenters. The molecule has 2 unspecified atom stereocenters. The van der Waals surface area contributed by atoms with Crippen molar-refractivity contribution in [2.24, 2.45) is 0 Å². The van der Waals surface area contributed by atoms with E-state index in [4.69, 9.17) is 9.97 Å². The topological polar surface area (TPSA) is 188 Å². The highest BCUT2D eigenvalue weighted by Gasteiger charge is 2.35. The van der Waals surface area contributed by atoms with E-state index in [0.717, 1.165) is 138 Å². The van der Waals surface area contributed by atoms with Crippen LogP contribution in [0.2, 0.25) is 0 Å². The molecular formula is C50H62F2N12O4. The van der Waals surface area contributed by atoms with Crippen molar-refractivity contribution >= 4 is 34.1 Å². The average Bonchev–Trinajstić information content (AvgIpc) is 3.89. The molecule has 2 amide bonds. The lowest BCUT2D eigenvalue weighted by molar-refractivity contribution is 0.0948. The molecule has 1 aliphatic carbocycles. The zero-order chi connectivity index (χ0) is 47.3. The van der Waals surface area contributed by atoms with Crippen LogP contribution in [-0.2, 0) is 12.8 Å². The smallest absolute Gasteiger partial charge is 0.282 e. The molecule has 4 aliphatic heterocycles. The first kappa shape index (κ1) is 46.9. The third-order valence-corrected chi connectivity index (χ3v) is 14.7. The standard InChI is InChI=1S/C26H30F2N6O2.C24H32N6O2/c1-29-26(36)20-8-9-21(22(30-20)23(27)28)33-13-10-17(11-14-33)34-12-4-5-16(15-34)24-31-19-7-3-2-6-18(19)25(35)32-24;1-25-24(32)21-7-6-18(14-26-21)29-12-9-17(10-13-29)30-11-8-16(15-30)22-27-20-5-3-2-4-19(20)23(31)28-22/h2-3,6-9,16-17,23H,4-5,10-15H2,1H3,(H,29,36)(H,31,32,35);6-7,14,16-17H,2-5,8-13,15H2,1H3,(H,25,32)(H,27,28,31). The van der Waals surface area contributed by atoms with Crippen molar-refractivity contribution in [3.63, 3.8) is 0 Å². The molecule has 5 aliphatic rings. The number of H-pyrrole nitrogens is 2. The number of aromatic nitrogens is 6. The summed E-state index contributed by atoms with van der Waals surface area (Å²) in [7, 11) is 3.06. The van der Waals surface area contributed by atoms with Gasteiger partial charge in [-0.15, -0.1) is 0 Å². The third-order valence-electron chi connectivity index (χ3n) is 14.7. The van der Waals surface area contributed by atoms with Crippen LogP contribution in [0, 0.1) is 0 Å². The number of alkyl halides is 2. The molecule has 0 spiro atoms. The van der Waals surface area contributed by atoms with E-state index in [1.165, 1.54) is 13.1 Å². The highest BCUT2D eigenvalue weighted by molar-refractivity contribution is 5.92. The van der Waals surface area contributed by atoms with Gasteiger partial charge in [0.05, 0.1) is 34.2 Å². The number of anilines is 2. The molecule has 0 radical (unpaired) electrons. The van der Waals surface area contributed by atoms with Crippen molar-refractivity contribution < 1.29 is 18.4 Å². The predicted molar refractivity (Wildman–Crippen MR) is 257 cm³/mol. The van der Waals surface area contributed by atoms with Gasteiger partial charge in [-0.3, -0.25) is 29.0 Å². The summed E-state index contributed by atoms with van der Waals surface area (Å²) in [5.74, 6) is 1.48. The molecule has 4 fully saturated rings. The first-order chi connectivity index (χ1) is 33.1. The number of hydrogen-bond acceptors (Lipinski definition) is 12. The summed E-state index contributed by atoms with van der Waals surface area (Å²) in [6.07, 6.45) is 10.0. The van der Waals surface area contributed by atoms with Crippen molar-refractivity contribution in [3.8, 4) is 0 Å². The van der Waals surface area contributed by atoms with Crippen LogP contribution in [0.4, 0.5) is 20.2 Å². The van der Waals surface area contributed by atoms with E-state index in [9.17, 15) is 28.0 Å². The second-order valence-electron chi connectivity index (χ2n) is 18.8. The quantitative estimate of drug-likeness (QED) is 0.149. The summed E-state index contributed by atoms with van der Waals surface area (Å²) in [5, 5.41) is 5.63. The van der Waals surface area contributed by atoms with Crippen LogP contribution in [0.3, 0.4) is 0 Å². The highest BCUT2D eigenvalue weighted by Crippen LogP contribution is 2.34. The Kier molecular flexibility index (Phi) is 14.5. The molecule has 5 aromatic rings. The normalized spacial score (nSPS) is 20.8. The number of piperidine rings is 3. The van der Waals surface area contributed by atoms with E-state index < -0.39 is 12.3 Å². The van der Waals surface area contributed by atoms with E-state index in [2.05, 4.69) is 45.3 Å². The van der Waals surface area contributed by atoms with Gasteiger partial charge < -0.3 is 30.4 Å². The van der Waals surface area contributed by atoms with Crippen molar-refractivity contribution in [2.75, 3.05) is 76.3 Å². The molecule has 68 heavy (non-hydrogen) atoms. The zero-order valence-electron chi connectivity index (χ0n) is 39.0. The number of aromatic amines is 2. The van der Waals surface area contributed by atoms with Crippen molar-refractivity contribution in [1.82, 2.24) is 50.3 Å². The van der Waals surface area contributed by atoms with E-state index in [1.807, 2.05) is 29.2 Å². The Balaban J connectivity index is 0.000000171. The predicted octanol–water partition coefficient (Wildman–Crippen LogP) is 5.33. The lowest BCUT2D eigenvalue weighted by atomic mass is 9.93. The Morgan fingerprint density at radius 1 is 0.662 bits per heavy atom. The van der Waals surface area contributed by atoms with Crippen LogP contribution >= 0.6 is 0 Å². The number of nitrogens with one attached hydrogen (secondary N) is 4. The van der Waals surface area contributed by atoms with Gasteiger partial charge in [0.25, 0.3) is 29.4 Å². The Morgan fingerprint density at radius 2 is 1.29 bits per heavy atom. The summed E-state index contributed by atoms with van der Waals surface area (Å²) in [4.78, 5) is 82.0. The first-order valence-electron chi connectivity index (χ1n) is 24.3. The SMILES string of the molecule is CNC(=O)c1ccc(N2CCC(N3CCC(c4nc5c(c(=O)[nH]4)CCCC5)C3)CC2)cn1.CNC(=O)c1ccc(N2CCC(N3CCCC(c4nc5ccccc5c(=O)[nH]4)C3)CC2)c(C(F)F)n1. The van der Waals surface area contributed by atoms with Crippen LogP contribution in [0.25, 0.3) is 10.9 Å². The number of rotatable bonds is 9. The second kappa shape index (κ2) is 21.0. The van der Waals surface area contributed by atoms with E-state index >= 15 is 0 Å². The van der Waals surface area contributed by atoms with Crippen LogP contribution in [0.1, 0.15) is 126 Å². The van der Waals surface area contributed by atoms with Gasteiger partial charge in [0.2, 0.25) is 0 Å². The lowest BCUT2D eigenvalue weighted by Crippen LogP contribution is -2.48. The molecule has 0 saturated carbocycles. The molecule has 0 bridgehead atoms. The van der Waals surface area contributed by atoms with E-state index in [1.54, 1.807) is 31.4 Å². The number of hydrogen-bond donors (Lipinski definition) is 4. The van der Waals surface area contributed by atoms with Gasteiger partial charge in [-0.25, -0.2) is 28.7 Å². The van der Waals surface area contributed by atoms with Gasteiger partial charge in [0.15, 0.2) is 0 Å². The van der Waals surface area contributed by atoms with Crippen molar-refractivity contribution in [2.45, 2.75) is 101 Å². The van der Waals surface area contributed by atoms with Crippen LogP contribution in [-0.4, -0.2) is 130 Å². The maximum Gasteiger partial charge on any atom is 0.282 e. The summed E-state index contributed by atoms with van der Waals surface area (Å²) < 4.78 is 27.5. The molecular weight excluding hydrogens is 871 g/mol. The lowest BCUT2D eigenvalue weighted by Gasteiger charge is -2.43. The molecule has 10 rings (SSSR count). The number of para-hydroxylation sites is 1. The number of aryl methyl sites for hydroxylation is 1. The van der Waals surface area contributed by atoms with Gasteiger partial charge >= 0.3 is 0 Å². The van der Waals surface area contributed by atoms with E-state index in [-0.39, 0.29) is 34.3 Å². The number of halogens is 2. The van der Waals surface area contributed by atoms with Crippen LogP contribution in [0.5, 0.6) is 0 Å². The number of carbonyl (C=O) groups excluding carboxylic acids is 2. The van der Waals surface area contributed by atoms with Gasteiger partial charge in [-0.2, -0.15) is 0 Å². The molecule has 360 valence electrons. The number of likely N-dealkylation sites (tertiary alicyclic amines) is 2. The summed E-state index contributed by atoms with van der Waals surface area (Å²) >= 11 is 0. The Hall–Kier alpha value is -6.14. The Labute approximate surface area is 394 Å². The number of nitrogens with zero attached hydrogens (tertiary/aromatic N) is 8. The van der Waals surface area contributed by atoms with Crippen molar-refractivity contribution in [3.05, 3.63) is 115 Å². The maximum atomic E-state index is 13.8. The molecule has 4 aromatic heterocycles. The summed E-state index contributed by atoms with van der Waals surface area (Å²) in [6, 6.07) is 15.1. The molecule has 16 nitrogen and oxygen atoms in total. The highest BCUT2D eigenvalue weighted by atomic mass is 19.3. The Bertz CT molecular complexity index is 2700. The number of pyridine rings is 2. The monoisotopic (exact) mass is 932 g/mol. The number of fused-ring (bicyclic) bond motifs is 2. The largest absolute Gasteiger partial charge is 0.370 e. The first-order valence-corrected chi connectivity index (χ1v) is 24.3. The van der Waals surface area contributed by atoms with Gasteiger partial charge in [-0.1, -0.05) is 12.1 Å². The van der Waals surface area contributed by atoms with Crippen LogP contribution in [0.15, 0.2) is 64.3 Å². The molecule has 8 heterocycles. The molecule has 18 heteroatoms. The Morgan fingerprint density at radius 3 is 2.00 bits per heavy atom. The second-order valence-corrected chi connectivity index (χ2v) is 18.8. The van der Waals surface area contributed by atoms with Gasteiger partial charge in [0, 0.05) is 82.8 Å². The fraction of sp³-hybridized carbons (Fsp3) is 0.520. The fourth-order valence-corrected chi connectivity index (χ4v) is 11.0. The summed E-state index contributed by atoms with van der Waals surface area (Å²) in [6.45, 7) is 7.09. The van der Waals surface area contributed by atoms with Crippen LogP contribution < -0.4 is 31.6 Å². The minimum absolute atomic E-state index is 0.00821. The fourth-order valence-electron chi connectivity index (χ4n) is 11.0. The van der Waals surface area contributed by atoms with Gasteiger partial charge in [0.1, 0.15) is 28.7 Å². The third kappa shape index (κ3) is 10.3. The average molecular weight is 933 g/mol. The number of amides is 2. The van der Waals surface area contributed by atoms with Crippen molar-refractivity contribution in [1.29, 1.82) is 0 Å². The molecule has 4 N–H and O–H groups in total. The minimum atomic E-state index is -2.76. The zero-order valence-corrected chi connectivity index (χ0v) is 39.0. The number of benzene rings is 1. The molecule has 4 saturated heterocycles.